The van der Waals surface area contributed by atoms with Gasteiger partial charge < -0.3 is 9.64 Å². The number of carbonyl (C=O) groups excluding carboxylic acids is 1. The van der Waals surface area contributed by atoms with Gasteiger partial charge in [0.2, 0.25) is 0 Å². The summed E-state index contributed by atoms with van der Waals surface area (Å²) in [6, 6.07) is 3.63. The highest BCUT2D eigenvalue weighted by Crippen LogP contribution is 2.18. The van der Waals surface area contributed by atoms with E-state index in [1.54, 1.807) is 29.6 Å². The molecule has 6 heteroatoms. The summed E-state index contributed by atoms with van der Waals surface area (Å²) in [4.78, 5) is 27.2. The Morgan fingerprint density at radius 2 is 1.95 bits per heavy atom. The Morgan fingerprint density at radius 1 is 1.18 bits per heavy atom. The number of carbonyl (C=O) groups is 1. The molecule has 0 N–H and O–H groups in total. The molecule has 2 aromatic heterocycles. The molecule has 2 aromatic rings. The molecule has 0 spiro atoms. The van der Waals surface area contributed by atoms with Gasteiger partial charge in [-0.05, 0) is 18.6 Å². The summed E-state index contributed by atoms with van der Waals surface area (Å²) in [5.74, 6) is -0.00258. The van der Waals surface area contributed by atoms with Gasteiger partial charge in [-0.1, -0.05) is 6.92 Å². The number of pyridine rings is 1. The van der Waals surface area contributed by atoms with Crippen LogP contribution in [-0.2, 0) is 11.2 Å². The first-order chi connectivity index (χ1) is 10.8. The molecule has 0 saturated carbocycles. The van der Waals surface area contributed by atoms with E-state index in [0.29, 0.717) is 31.9 Å². The smallest absolute Gasteiger partial charge is 0.255 e. The fourth-order valence-corrected chi connectivity index (χ4v) is 2.45. The molecule has 3 rings (SSSR count). The van der Waals surface area contributed by atoms with Gasteiger partial charge in [0.25, 0.3) is 5.91 Å². The molecule has 1 fully saturated rings. The molecule has 6 nitrogen and oxygen atoms in total. The molecule has 0 atom stereocenters. The van der Waals surface area contributed by atoms with Crippen LogP contribution in [0, 0.1) is 0 Å². The van der Waals surface area contributed by atoms with Gasteiger partial charge >= 0.3 is 0 Å². The minimum absolute atomic E-state index is 0.00258. The molecule has 0 aliphatic carbocycles. The number of aromatic nitrogens is 3. The van der Waals surface area contributed by atoms with Gasteiger partial charge in [0, 0.05) is 31.7 Å². The largest absolute Gasteiger partial charge is 0.378 e. The van der Waals surface area contributed by atoms with E-state index >= 15 is 0 Å². The maximum absolute atomic E-state index is 12.4. The molecule has 114 valence electrons. The molecule has 0 bridgehead atoms. The highest BCUT2D eigenvalue weighted by molar-refractivity contribution is 5.94. The van der Waals surface area contributed by atoms with Crippen molar-refractivity contribution in [3.63, 3.8) is 0 Å². The van der Waals surface area contributed by atoms with E-state index in [1.165, 1.54) is 0 Å². The van der Waals surface area contributed by atoms with E-state index in [0.717, 1.165) is 23.5 Å². The first-order valence-electron chi connectivity index (χ1n) is 7.43. The SMILES string of the molecule is CCc1nccnc1-c1ccc(C(=O)N2CCOCC2)cn1. The second-order valence-electron chi connectivity index (χ2n) is 5.04. The number of rotatable bonds is 3. The van der Waals surface area contributed by atoms with Crippen LogP contribution in [0.25, 0.3) is 11.4 Å². The van der Waals surface area contributed by atoms with Crippen molar-refractivity contribution < 1.29 is 9.53 Å². The van der Waals surface area contributed by atoms with E-state index < -0.39 is 0 Å². The molecule has 3 heterocycles. The Hall–Kier alpha value is -2.34. The Labute approximate surface area is 129 Å². The minimum atomic E-state index is -0.00258. The van der Waals surface area contributed by atoms with Crippen LogP contribution in [0.5, 0.6) is 0 Å². The van der Waals surface area contributed by atoms with Crippen LogP contribution in [-0.4, -0.2) is 52.1 Å². The van der Waals surface area contributed by atoms with Gasteiger partial charge in [-0.25, -0.2) is 0 Å². The molecule has 1 aliphatic heterocycles. The van der Waals surface area contributed by atoms with Crippen LogP contribution in [0.1, 0.15) is 23.0 Å². The maximum Gasteiger partial charge on any atom is 0.255 e. The van der Waals surface area contributed by atoms with E-state index in [1.807, 2.05) is 13.0 Å². The lowest BCUT2D eigenvalue weighted by Crippen LogP contribution is -2.40. The van der Waals surface area contributed by atoms with Crippen molar-refractivity contribution >= 4 is 5.91 Å². The van der Waals surface area contributed by atoms with Gasteiger partial charge in [-0.2, -0.15) is 0 Å². The number of nitrogens with zero attached hydrogens (tertiary/aromatic N) is 4. The molecule has 0 unspecified atom stereocenters. The Kier molecular flexibility index (Phi) is 4.39. The molecule has 1 saturated heterocycles. The minimum Gasteiger partial charge on any atom is -0.378 e. The van der Waals surface area contributed by atoms with E-state index in [2.05, 4.69) is 15.0 Å². The summed E-state index contributed by atoms with van der Waals surface area (Å²) >= 11 is 0. The van der Waals surface area contributed by atoms with Crippen molar-refractivity contribution in [2.24, 2.45) is 0 Å². The fourth-order valence-electron chi connectivity index (χ4n) is 2.45. The van der Waals surface area contributed by atoms with Crippen molar-refractivity contribution in [2.45, 2.75) is 13.3 Å². The summed E-state index contributed by atoms with van der Waals surface area (Å²) in [7, 11) is 0. The maximum atomic E-state index is 12.4. The lowest BCUT2D eigenvalue weighted by molar-refractivity contribution is 0.0302. The van der Waals surface area contributed by atoms with Crippen molar-refractivity contribution in [1.29, 1.82) is 0 Å². The number of morpholine rings is 1. The number of ether oxygens (including phenoxy) is 1. The third-order valence-electron chi connectivity index (χ3n) is 3.66. The third-order valence-corrected chi connectivity index (χ3v) is 3.66. The van der Waals surface area contributed by atoms with Gasteiger partial charge in [0.15, 0.2) is 0 Å². The molecule has 0 aromatic carbocycles. The molecule has 1 aliphatic rings. The highest BCUT2D eigenvalue weighted by Gasteiger charge is 2.19. The summed E-state index contributed by atoms with van der Waals surface area (Å²) < 4.78 is 5.26. The lowest BCUT2D eigenvalue weighted by Gasteiger charge is -2.26. The summed E-state index contributed by atoms with van der Waals surface area (Å²) in [5.41, 5.74) is 3.01. The molecule has 22 heavy (non-hydrogen) atoms. The van der Waals surface area contributed by atoms with Gasteiger partial charge in [0.1, 0.15) is 5.69 Å². The average molecular weight is 298 g/mol. The summed E-state index contributed by atoms with van der Waals surface area (Å²) in [6.45, 7) is 4.48. The quantitative estimate of drug-likeness (QED) is 0.860. The monoisotopic (exact) mass is 298 g/mol. The number of hydrogen-bond acceptors (Lipinski definition) is 5. The third kappa shape index (κ3) is 2.96. The second-order valence-corrected chi connectivity index (χ2v) is 5.04. The van der Waals surface area contributed by atoms with Crippen molar-refractivity contribution in [1.82, 2.24) is 19.9 Å². The molecular weight excluding hydrogens is 280 g/mol. The molecular formula is C16H18N4O2. The second kappa shape index (κ2) is 6.62. The van der Waals surface area contributed by atoms with Crippen LogP contribution in [0.15, 0.2) is 30.7 Å². The first kappa shape index (κ1) is 14.6. The first-order valence-corrected chi connectivity index (χ1v) is 7.43. The van der Waals surface area contributed by atoms with Crippen molar-refractivity contribution in [3.8, 4) is 11.4 Å². The van der Waals surface area contributed by atoms with Gasteiger partial charge in [-0.3, -0.25) is 19.7 Å². The number of amides is 1. The summed E-state index contributed by atoms with van der Waals surface area (Å²) in [5, 5.41) is 0. The topological polar surface area (TPSA) is 68.2 Å². The zero-order chi connectivity index (χ0) is 15.4. The lowest BCUT2D eigenvalue weighted by atomic mass is 10.1. The van der Waals surface area contributed by atoms with Gasteiger partial charge in [0.05, 0.1) is 30.2 Å². The highest BCUT2D eigenvalue weighted by atomic mass is 16.5. The zero-order valence-electron chi connectivity index (χ0n) is 12.5. The van der Waals surface area contributed by atoms with Crippen molar-refractivity contribution in [3.05, 3.63) is 42.0 Å². The Morgan fingerprint density at radius 3 is 2.64 bits per heavy atom. The fraction of sp³-hybridized carbons (Fsp3) is 0.375. The van der Waals surface area contributed by atoms with Crippen LogP contribution in [0.3, 0.4) is 0 Å². The number of aryl methyl sites for hydroxylation is 1. The van der Waals surface area contributed by atoms with Crippen LogP contribution in [0.2, 0.25) is 0 Å². The van der Waals surface area contributed by atoms with Crippen molar-refractivity contribution in [2.75, 3.05) is 26.3 Å². The predicted octanol–water partition coefficient (Wildman–Crippen LogP) is 1.57. The van der Waals surface area contributed by atoms with E-state index in [4.69, 9.17) is 4.74 Å². The normalized spacial score (nSPS) is 14.9. The number of hydrogen-bond donors (Lipinski definition) is 0. The molecule has 1 amide bonds. The van der Waals surface area contributed by atoms with E-state index in [9.17, 15) is 4.79 Å². The standard InChI is InChI=1S/C16H18N4O2/c1-2-13-15(18-6-5-17-13)14-4-3-12(11-19-14)16(21)20-7-9-22-10-8-20/h3-6,11H,2,7-10H2,1H3. The molecule has 0 radical (unpaired) electrons. The van der Waals surface area contributed by atoms with Gasteiger partial charge in [-0.15, -0.1) is 0 Å². The van der Waals surface area contributed by atoms with Crippen LogP contribution < -0.4 is 0 Å². The Balaban J connectivity index is 1.82. The zero-order valence-corrected chi connectivity index (χ0v) is 12.5. The summed E-state index contributed by atoms with van der Waals surface area (Å²) in [6.07, 6.45) is 5.74. The van der Waals surface area contributed by atoms with E-state index in [-0.39, 0.29) is 5.91 Å². The van der Waals surface area contributed by atoms with Crippen LogP contribution >= 0.6 is 0 Å². The Bertz CT molecular complexity index is 651. The average Bonchev–Trinajstić information content (AvgIpc) is 2.62. The van der Waals surface area contributed by atoms with Crippen LogP contribution in [0.4, 0.5) is 0 Å². The predicted molar refractivity (Wildman–Crippen MR) is 81.4 cm³/mol.